The molecular formula is C16H14F2N2S. The van der Waals surface area contributed by atoms with E-state index in [1.807, 2.05) is 25.1 Å². The van der Waals surface area contributed by atoms with Crippen LogP contribution < -0.4 is 5.32 Å². The van der Waals surface area contributed by atoms with Crippen molar-refractivity contribution >= 4 is 17.4 Å². The topological polar surface area (TPSA) is 35.8 Å². The molecule has 0 aliphatic carbocycles. The van der Waals surface area contributed by atoms with Crippen molar-refractivity contribution in [1.29, 1.82) is 5.26 Å². The van der Waals surface area contributed by atoms with E-state index < -0.39 is 5.76 Å². The zero-order chi connectivity index (χ0) is 15.2. The highest BCUT2D eigenvalue weighted by atomic mass is 32.2. The number of hydrogen-bond acceptors (Lipinski definition) is 3. The second-order valence-electron chi connectivity index (χ2n) is 4.48. The Bertz CT molecular complexity index is 666. The number of nitrogens with one attached hydrogen (secondary N) is 1. The molecule has 21 heavy (non-hydrogen) atoms. The number of nitrogens with zero attached hydrogens (tertiary/aromatic N) is 1. The fraction of sp³-hybridized carbons (Fsp3) is 0.188. The first kappa shape index (κ1) is 15.3. The lowest BCUT2D eigenvalue weighted by Crippen LogP contribution is -2.03. The van der Waals surface area contributed by atoms with E-state index in [1.165, 1.54) is 0 Å². The number of hydrogen-bond donors (Lipinski definition) is 1. The van der Waals surface area contributed by atoms with E-state index in [2.05, 4.69) is 11.4 Å². The molecule has 0 fully saturated rings. The molecule has 0 bridgehead atoms. The Morgan fingerprint density at radius 1 is 1.24 bits per heavy atom. The lowest BCUT2D eigenvalue weighted by Gasteiger charge is -2.13. The first-order valence-electron chi connectivity index (χ1n) is 6.37. The van der Waals surface area contributed by atoms with Gasteiger partial charge in [0, 0.05) is 17.1 Å². The Morgan fingerprint density at radius 3 is 2.67 bits per heavy atom. The molecule has 2 aromatic rings. The van der Waals surface area contributed by atoms with Crippen LogP contribution in [0.5, 0.6) is 0 Å². The van der Waals surface area contributed by atoms with Crippen molar-refractivity contribution in [2.45, 2.75) is 24.1 Å². The highest BCUT2D eigenvalue weighted by molar-refractivity contribution is 7.99. The molecule has 0 spiro atoms. The quantitative estimate of drug-likeness (QED) is 0.806. The van der Waals surface area contributed by atoms with Crippen LogP contribution in [0.2, 0.25) is 0 Å². The standard InChI is InChI=1S/C16H14F2N2S/c1-11-8-12(9-19)6-7-13(11)10-20-14-4-2-3-5-15(14)21-16(17)18/h2-8,16,20H,10H2,1H3. The number of alkyl halides is 2. The Morgan fingerprint density at radius 2 is 2.00 bits per heavy atom. The summed E-state index contributed by atoms with van der Waals surface area (Å²) in [4.78, 5) is 0.527. The number of anilines is 1. The normalized spacial score (nSPS) is 10.4. The van der Waals surface area contributed by atoms with Crippen LogP contribution in [0.25, 0.3) is 0 Å². The number of thioether (sulfide) groups is 1. The van der Waals surface area contributed by atoms with Gasteiger partial charge in [-0.3, -0.25) is 0 Å². The van der Waals surface area contributed by atoms with Gasteiger partial charge in [-0.1, -0.05) is 30.0 Å². The fourth-order valence-electron chi connectivity index (χ4n) is 1.97. The second-order valence-corrected chi connectivity index (χ2v) is 5.51. The van der Waals surface area contributed by atoms with E-state index in [-0.39, 0.29) is 0 Å². The largest absolute Gasteiger partial charge is 0.380 e. The minimum Gasteiger partial charge on any atom is -0.380 e. The maximum Gasteiger partial charge on any atom is 0.288 e. The van der Waals surface area contributed by atoms with Gasteiger partial charge in [-0.05, 0) is 42.3 Å². The molecule has 1 N–H and O–H groups in total. The first-order valence-corrected chi connectivity index (χ1v) is 7.25. The number of halogens is 2. The van der Waals surface area contributed by atoms with Gasteiger partial charge in [0.2, 0.25) is 0 Å². The molecule has 0 saturated carbocycles. The SMILES string of the molecule is Cc1cc(C#N)ccc1CNc1ccccc1SC(F)F. The zero-order valence-corrected chi connectivity index (χ0v) is 12.3. The molecule has 0 aliphatic heterocycles. The monoisotopic (exact) mass is 304 g/mol. The smallest absolute Gasteiger partial charge is 0.288 e. The average Bonchev–Trinajstić information content (AvgIpc) is 2.46. The number of para-hydroxylation sites is 1. The predicted octanol–water partition coefficient (Wildman–Crippen LogP) is 4.79. The summed E-state index contributed by atoms with van der Waals surface area (Å²) in [6, 6.07) is 14.5. The number of rotatable bonds is 5. The van der Waals surface area contributed by atoms with Crippen LogP contribution in [0.3, 0.4) is 0 Å². The maximum atomic E-state index is 12.5. The van der Waals surface area contributed by atoms with Crippen molar-refractivity contribution < 1.29 is 8.78 Å². The van der Waals surface area contributed by atoms with Crippen molar-refractivity contribution in [3.63, 3.8) is 0 Å². The lowest BCUT2D eigenvalue weighted by atomic mass is 10.1. The third-order valence-corrected chi connectivity index (χ3v) is 3.83. The van der Waals surface area contributed by atoms with E-state index >= 15 is 0 Å². The van der Waals surface area contributed by atoms with Gasteiger partial charge in [0.15, 0.2) is 0 Å². The van der Waals surface area contributed by atoms with Gasteiger partial charge in [-0.2, -0.15) is 14.0 Å². The summed E-state index contributed by atoms with van der Waals surface area (Å²) >= 11 is 0.532. The van der Waals surface area contributed by atoms with Crippen LogP contribution in [0.4, 0.5) is 14.5 Å². The lowest BCUT2D eigenvalue weighted by molar-refractivity contribution is 0.252. The zero-order valence-electron chi connectivity index (χ0n) is 11.4. The minimum atomic E-state index is -2.44. The second kappa shape index (κ2) is 7.09. The Kier molecular flexibility index (Phi) is 5.18. The summed E-state index contributed by atoms with van der Waals surface area (Å²) in [5.74, 6) is -2.44. The highest BCUT2D eigenvalue weighted by Gasteiger charge is 2.09. The molecule has 0 aliphatic rings. The van der Waals surface area contributed by atoms with E-state index in [1.54, 1.807) is 24.3 Å². The van der Waals surface area contributed by atoms with Crippen molar-refractivity contribution in [3.8, 4) is 6.07 Å². The minimum absolute atomic E-state index is 0.526. The van der Waals surface area contributed by atoms with Crippen molar-refractivity contribution in [2.75, 3.05) is 5.32 Å². The highest BCUT2D eigenvalue weighted by Crippen LogP contribution is 2.31. The fourth-order valence-corrected chi connectivity index (χ4v) is 2.58. The molecule has 0 heterocycles. The van der Waals surface area contributed by atoms with E-state index in [0.717, 1.165) is 11.1 Å². The molecule has 0 saturated heterocycles. The van der Waals surface area contributed by atoms with Gasteiger partial charge in [-0.25, -0.2) is 0 Å². The van der Waals surface area contributed by atoms with Crippen molar-refractivity contribution in [1.82, 2.24) is 0 Å². The molecule has 2 aromatic carbocycles. The van der Waals surface area contributed by atoms with Crippen LogP contribution in [0.15, 0.2) is 47.4 Å². The molecule has 0 aromatic heterocycles. The van der Waals surface area contributed by atoms with Gasteiger partial charge in [-0.15, -0.1) is 0 Å². The third kappa shape index (κ3) is 4.20. The maximum absolute atomic E-state index is 12.5. The van der Waals surface area contributed by atoms with Gasteiger partial charge >= 0.3 is 0 Å². The molecule has 0 unspecified atom stereocenters. The first-order chi connectivity index (χ1) is 10.1. The van der Waals surface area contributed by atoms with Crippen LogP contribution in [0, 0.1) is 18.3 Å². The third-order valence-electron chi connectivity index (χ3n) is 3.04. The number of nitriles is 1. The molecule has 0 atom stereocenters. The van der Waals surface area contributed by atoms with Gasteiger partial charge < -0.3 is 5.32 Å². The Labute approximate surface area is 126 Å². The van der Waals surface area contributed by atoms with E-state index in [0.29, 0.717) is 34.5 Å². The molecule has 108 valence electrons. The van der Waals surface area contributed by atoms with E-state index in [4.69, 9.17) is 5.26 Å². The van der Waals surface area contributed by atoms with Crippen LogP contribution in [0.1, 0.15) is 16.7 Å². The summed E-state index contributed by atoms with van der Waals surface area (Å²) in [7, 11) is 0. The summed E-state index contributed by atoms with van der Waals surface area (Å²) < 4.78 is 25.0. The van der Waals surface area contributed by atoms with Crippen molar-refractivity contribution in [3.05, 3.63) is 59.2 Å². The molecule has 0 amide bonds. The average molecular weight is 304 g/mol. The van der Waals surface area contributed by atoms with E-state index in [9.17, 15) is 8.78 Å². The summed E-state index contributed by atoms with van der Waals surface area (Å²) in [6.07, 6.45) is 0. The van der Waals surface area contributed by atoms with Gasteiger partial charge in [0.05, 0.1) is 11.6 Å². The van der Waals surface area contributed by atoms with Crippen LogP contribution in [-0.2, 0) is 6.54 Å². The molecular weight excluding hydrogens is 290 g/mol. The van der Waals surface area contributed by atoms with Crippen molar-refractivity contribution in [2.24, 2.45) is 0 Å². The summed E-state index contributed by atoms with van der Waals surface area (Å²) in [5, 5.41) is 12.0. The number of benzene rings is 2. The molecule has 2 nitrogen and oxygen atoms in total. The van der Waals surface area contributed by atoms with Crippen LogP contribution in [-0.4, -0.2) is 5.76 Å². The van der Waals surface area contributed by atoms with Gasteiger partial charge in [0.1, 0.15) is 0 Å². The summed E-state index contributed by atoms with van der Waals surface area (Å²) in [5.41, 5.74) is 3.34. The Balaban J connectivity index is 2.12. The molecule has 0 radical (unpaired) electrons. The van der Waals surface area contributed by atoms with Crippen LogP contribution >= 0.6 is 11.8 Å². The van der Waals surface area contributed by atoms with Gasteiger partial charge in [0.25, 0.3) is 5.76 Å². The Hall–Kier alpha value is -2.06. The molecule has 5 heteroatoms. The predicted molar refractivity (Wildman–Crippen MR) is 81.5 cm³/mol. The molecule has 2 rings (SSSR count). The number of aryl methyl sites for hydroxylation is 1. The summed E-state index contributed by atoms with van der Waals surface area (Å²) in [6.45, 7) is 2.45.